The standard InChI is InChI=1S/C27H32N2O5/c1-17-18(24(30)31)13-8-14-29(17)25(32)27(2,3)16-28-26(33)34-15-23-21-11-6-4-9-19(21)20-10-5-7-12-22(20)23/h4-7,9-12,17-18,23H,8,13-16H2,1-3H3,(H,28,33)(H,30,31). The highest BCUT2D eigenvalue weighted by atomic mass is 16.5. The van der Waals surface area contributed by atoms with Crippen molar-refractivity contribution in [2.24, 2.45) is 11.3 Å². The molecule has 2 aliphatic rings. The van der Waals surface area contributed by atoms with Gasteiger partial charge in [-0.25, -0.2) is 4.79 Å². The molecule has 7 nitrogen and oxygen atoms in total. The van der Waals surface area contributed by atoms with E-state index >= 15 is 0 Å². The SMILES string of the molecule is CC1C(C(=O)O)CCCN1C(=O)C(C)(C)CNC(=O)OCC1c2ccccc2-c2ccccc21. The third kappa shape index (κ3) is 4.52. The van der Waals surface area contributed by atoms with Gasteiger partial charge in [0.15, 0.2) is 0 Å². The summed E-state index contributed by atoms with van der Waals surface area (Å²) in [6.07, 6.45) is 0.652. The number of fused-ring (bicyclic) bond motifs is 3. The highest BCUT2D eigenvalue weighted by molar-refractivity contribution is 5.84. The van der Waals surface area contributed by atoms with Crippen molar-refractivity contribution in [1.29, 1.82) is 0 Å². The number of aliphatic carboxylic acids is 1. The van der Waals surface area contributed by atoms with Gasteiger partial charge in [-0.2, -0.15) is 0 Å². The number of alkyl carbamates (subject to hydrolysis) is 1. The van der Waals surface area contributed by atoms with Gasteiger partial charge in [-0.1, -0.05) is 48.5 Å². The molecule has 1 saturated heterocycles. The van der Waals surface area contributed by atoms with Gasteiger partial charge in [0.25, 0.3) is 0 Å². The molecule has 7 heteroatoms. The topological polar surface area (TPSA) is 95.9 Å². The summed E-state index contributed by atoms with van der Waals surface area (Å²) in [4.78, 5) is 38.9. The first-order chi connectivity index (χ1) is 16.2. The van der Waals surface area contributed by atoms with Crippen LogP contribution in [0.4, 0.5) is 4.79 Å². The van der Waals surface area contributed by atoms with Crippen LogP contribution in [0.25, 0.3) is 11.1 Å². The Labute approximate surface area is 200 Å². The van der Waals surface area contributed by atoms with Crippen LogP contribution >= 0.6 is 0 Å². The van der Waals surface area contributed by atoms with Crippen LogP contribution in [-0.2, 0) is 14.3 Å². The predicted octanol–water partition coefficient (Wildman–Crippen LogP) is 4.26. The minimum absolute atomic E-state index is 0.0325. The first-order valence-electron chi connectivity index (χ1n) is 11.8. The van der Waals surface area contributed by atoms with E-state index in [2.05, 4.69) is 29.6 Å². The van der Waals surface area contributed by atoms with Crippen LogP contribution in [-0.4, -0.2) is 53.7 Å². The molecule has 180 valence electrons. The van der Waals surface area contributed by atoms with Crippen LogP contribution in [0.3, 0.4) is 0 Å². The molecule has 2 aromatic carbocycles. The number of nitrogens with zero attached hydrogens (tertiary/aromatic N) is 1. The predicted molar refractivity (Wildman–Crippen MR) is 128 cm³/mol. The smallest absolute Gasteiger partial charge is 0.407 e. The molecular weight excluding hydrogens is 432 g/mol. The van der Waals surface area contributed by atoms with Crippen molar-refractivity contribution in [3.05, 3.63) is 59.7 Å². The Kier molecular flexibility index (Phi) is 6.64. The van der Waals surface area contributed by atoms with E-state index in [-0.39, 0.29) is 31.0 Å². The Hall–Kier alpha value is -3.35. The molecule has 1 aliphatic heterocycles. The van der Waals surface area contributed by atoms with Crippen molar-refractivity contribution in [3.8, 4) is 11.1 Å². The maximum atomic E-state index is 13.2. The molecule has 0 spiro atoms. The molecule has 2 atom stereocenters. The van der Waals surface area contributed by atoms with Crippen LogP contribution in [0.15, 0.2) is 48.5 Å². The minimum atomic E-state index is -0.889. The van der Waals surface area contributed by atoms with Crippen LogP contribution in [0.2, 0.25) is 0 Å². The van der Waals surface area contributed by atoms with Crippen LogP contribution in [0.1, 0.15) is 50.7 Å². The Morgan fingerprint density at radius 1 is 1.06 bits per heavy atom. The lowest BCUT2D eigenvalue weighted by Gasteiger charge is -2.41. The van der Waals surface area contributed by atoms with Crippen molar-refractivity contribution in [3.63, 3.8) is 0 Å². The normalized spacial score (nSPS) is 19.8. The van der Waals surface area contributed by atoms with E-state index in [1.807, 2.05) is 24.3 Å². The Bertz CT molecular complexity index is 1050. The summed E-state index contributed by atoms with van der Waals surface area (Å²) in [5, 5.41) is 12.2. The zero-order chi connectivity index (χ0) is 24.5. The van der Waals surface area contributed by atoms with Gasteiger partial charge >= 0.3 is 12.1 Å². The van der Waals surface area contributed by atoms with Gasteiger partial charge < -0.3 is 20.1 Å². The number of hydrogen-bond donors (Lipinski definition) is 2. The molecule has 34 heavy (non-hydrogen) atoms. The number of amides is 2. The summed E-state index contributed by atoms with van der Waals surface area (Å²) in [5.74, 6) is -1.64. The highest BCUT2D eigenvalue weighted by Crippen LogP contribution is 2.44. The molecule has 4 rings (SSSR count). The highest BCUT2D eigenvalue weighted by Gasteiger charge is 2.41. The molecule has 1 aliphatic carbocycles. The Balaban J connectivity index is 1.35. The van der Waals surface area contributed by atoms with E-state index in [9.17, 15) is 19.5 Å². The number of carboxylic acids is 1. The van der Waals surface area contributed by atoms with E-state index < -0.39 is 23.4 Å². The van der Waals surface area contributed by atoms with E-state index in [0.717, 1.165) is 22.3 Å². The third-order valence-electron chi connectivity index (χ3n) is 7.16. The van der Waals surface area contributed by atoms with E-state index in [0.29, 0.717) is 19.4 Å². The molecule has 2 aromatic rings. The molecule has 0 aromatic heterocycles. The van der Waals surface area contributed by atoms with Gasteiger partial charge in [0.05, 0.1) is 11.3 Å². The fraction of sp³-hybridized carbons (Fsp3) is 0.444. The quantitative estimate of drug-likeness (QED) is 0.666. The van der Waals surface area contributed by atoms with Gasteiger partial charge in [0, 0.05) is 25.0 Å². The summed E-state index contributed by atoms with van der Waals surface area (Å²) in [7, 11) is 0. The van der Waals surface area contributed by atoms with Crippen molar-refractivity contribution in [2.75, 3.05) is 19.7 Å². The van der Waals surface area contributed by atoms with Crippen LogP contribution < -0.4 is 5.32 Å². The number of ether oxygens (including phenoxy) is 1. The number of hydrogen-bond acceptors (Lipinski definition) is 4. The zero-order valence-corrected chi connectivity index (χ0v) is 19.9. The second-order valence-corrected chi connectivity index (χ2v) is 9.89. The lowest BCUT2D eigenvalue weighted by Crippen LogP contribution is -2.55. The van der Waals surface area contributed by atoms with Gasteiger partial charge in [-0.05, 0) is 55.9 Å². The largest absolute Gasteiger partial charge is 0.481 e. The van der Waals surface area contributed by atoms with Gasteiger partial charge in [-0.3, -0.25) is 9.59 Å². The Morgan fingerprint density at radius 3 is 2.24 bits per heavy atom. The number of carbonyl (C=O) groups excluding carboxylic acids is 2. The zero-order valence-electron chi connectivity index (χ0n) is 19.9. The number of nitrogens with one attached hydrogen (secondary N) is 1. The number of carboxylic acid groups (broad SMARTS) is 1. The third-order valence-corrected chi connectivity index (χ3v) is 7.16. The first kappa shape index (κ1) is 23.8. The van der Waals surface area contributed by atoms with E-state index in [1.54, 1.807) is 25.7 Å². The van der Waals surface area contributed by atoms with Crippen LogP contribution in [0, 0.1) is 11.3 Å². The molecule has 1 fully saturated rings. The number of rotatable bonds is 6. The maximum Gasteiger partial charge on any atom is 0.407 e. The second-order valence-electron chi connectivity index (χ2n) is 9.89. The number of piperidine rings is 1. The monoisotopic (exact) mass is 464 g/mol. The van der Waals surface area contributed by atoms with Crippen molar-refractivity contribution >= 4 is 18.0 Å². The molecule has 2 amide bonds. The lowest BCUT2D eigenvalue weighted by atomic mass is 9.85. The average molecular weight is 465 g/mol. The molecule has 0 radical (unpaired) electrons. The van der Waals surface area contributed by atoms with Gasteiger partial charge in [0.1, 0.15) is 6.61 Å². The molecule has 2 N–H and O–H groups in total. The average Bonchev–Trinajstić information content (AvgIpc) is 3.15. The first-order valence-corrected chi connectivity index (χ1v) is 11.8. The summed E-state index contributed by atoms with van der Waals surface area (Å²) < 4.78 is 5.58. The van der Waals surface area contributed by atoms with Crippen molar-refractivity contribution in [2.45, 2.75) is 45.6 Å². The summed E-state index contributed by atoms with van der Waals surface area (Å²) in [6.45, 7) is 6.14. The molecule has 0 bridgehead atoms. The van der Waals surface area contributed by atoms with E-state index in [4.69, 9.17) is 4.74 Å². The molecule has 2 unspecified atom stereocenters. The maximum absolute atomic E-state index is 13.2. The second kappa shape index (κ2) is 9.49. The fourth-order valence-electron chi connectivity index (χ4n) is 5.17. The van der Waals surface area contributed by atoms with Crippen LogP contribution in [0.5, 0.6) is 0 Å². The Morgan fingerprint density at radius 2 is 1.65 bits per heavy atom. The number of likely N-dealkylation sites (tertiary alicyclic amines) is 1. The minimum Gasteiger partial charge on any atom is -0.481 e. The fourth-order valence-corrected chi connectivity index (χ4v) is 5.17. The summed E-state index contributed by atoms with van der Waals surface area (Å²) in [5.41, 5.74) is 3.71. The van der Waals surface area contributed by atoms with Gasteiger partial charge in [0.2, 0.25) is 5.91 Å². The lowest BCUT2D eigenvalue weighted by molar-refractivity contribution is -0.152. The summed E-state index contributed by atoms with van der Waals surface area (Å²) >= 11 is 0. The molecule has 0 saturated carbocycles. The van der Waals surface area contributed by atoms with E-state index in [1.165, 1.54) is 0 Å². The number of benzene rings is 2. The van der Waals surface area contributed by atoms with Crippen molar-refractivity contribution in [1.82, 2.24) is 10.2 Å². The number of carbonyl (C=O) groups is 3. The summed E-state index contributed by atoms with van der Waals surface area (Å²) in [6, 6.07) is 15.9. The molecule has 1 heterocycles. The van der Waals surface area contributed by atoms with Crippen molar-refractivity contribution < 1.29 is 24.2 Å². The molecular formula is C27H32N2O5. The van der Waals surface area contributed by atoms with Gasteiger partial charge in [-0.15, -0.1) is 0 Å².